The first-order valence-electron chi connectivity index (χ1n) is 6.68. The van der Waals surface area contributed by atoms with E-state index in [1.807, 2.05) is 6.92 Å². The maximum atomic E-state index is 11.7. The summed E-state index contributed by atoms with van der Waals surface area (Å²) in [6.07, 6.45) is 6.04. The molecule has 2 amide bonds. The Morgan fingerprint density at radius 2 is 2.00 bits per heavy atom. The average Bonchev–Trinajstić information content (AvgIpc) is 2.35. The monoisotopic (exact) mass is 288 g/mol. The molecule has 3 N–H and O–H groups in total. The lowest BCUT2D eigenvalue weighted by atomic mass is 9.84. The number of rotatable bonds is 7. The van der Waals surface area contributed by atoms with Crippen LogP contribution in [-0.4, -0.2) is 41.2 Å². The molecule has 0 aromatic heterocycles. The number of urea groups is 1. The number of hydrogen-bond acceptors (Lipinski definition) is 3. The molecule has 0 aromatic carbocycles. The third-order valence-electron chi connectivity index (χ3n) is 4.20. The predicted molar refractivity (Wildman–Crippen MR) is 77.5 cm³/mol. The Labute approximate surface area is 118 Å². The molecule has 0 radical (unpaired) electrons. The lowest BCUT2D eigenvalue weighted by Crippen LogP contribution is -2.50. The first kappa shape index (κ1) is 16.1. The van der Waals surface area contributed by atoms with Crippen molar-refractivity contribution in [2.24, 2.45) is 5.41 Å². The number of hydrogen-bond donors (Lipinski definition) is 3. The van der Waals surface area contributed by atoms with Crippen molar-refractivity contribution < 1.29 is 14.7 Å². The van der Waals surface area contributed by atoms with Crippen molar-refractivity contribution in [3.8, 4) is 0 Å². The molecular weight excluding hydrogens is 264 g/mol. The van der Waals surface area contributed by atoms with Crippen LogP contribution in [0, 0.1) is 5.41 Å². The first-order valence-corrected chi connectivity index (χ1v) is 7.90. The predicted octanol–water partition coefficient (Wildman–Crippen LogP) is 2.07. The lowest BCUT2D eigenvalue weighted by molar-refractivity contribution is -0.147. The van der Waals surface area contributed by atoms with Crippen LogP contribution in [0.25, 0.3) is 0 Å². The molecule has 5 nitrogen and oxygen atoms in total. The van der Waals surface area contributed by atoms with Gasteiger partial charge in [0.05, 0.1) is 5.41 Å². The van der Waals surface area contributed by atoms with E-state index in [2.05, 4.69) is 16.9 Å². The van der Waals surface area contributed by atoms with Crippen LogP contribution in [0.5, 0.6) is 0 Å². The fourth-order valence-corrected chi connectivity index (χ4v) is 2.87. The lowest BCUT2D eigenvalue weighted by Gasteiger charge is -2.40. The molecule has 0 aromatic rings. The van der Waals surface area contributed by atoms with Gasteiger partial charge in [0.15, 0.2) is 0 Å². The molecular formula is C13H24N2O3S. The summed E-state index contributed by atoms with van der Waals surface area (Å²) in [6, 6.07) is -0.277. The highest BCUT2D eigenvalue weighted by Crippen LogP contribution is 2.42. The Hall–Kier alpha value is -0.910. The van der Waals surface area contributed by atoms with Crippen LogP contribution in [0.15, 0.2) is 0 Å². The van der Waals surface area contributed by atoms with Gasteiger partial charge < -0.3 is 15.7 Å². The van der Waals surface area contributed by atoms with Crippen molar-refractivity contribution in [1.82, 2.24) is 10.6 Å². The van der Waals surface area contributed by atoms with Crippen molar-refractivity contribution in [2.75, 3.05) is 19.3 Å². The Balaban J connectivity index is 2.33. The molecule has 1 aliphatic rings. The zero-order chi connectivity index (χ0) is 14.5. The number of amides is 2. The van der Waals surface area contributed by atoms with Crippen LogP contribution >= 0.6 is 11.8 Å². The molecule has 6 heteroatoms. The highest BCUT2D eigenvalue weighted by Gasteiger charge is 2.36. The topological polar surface area (TPSA) is 78.4 Å². The van der Waals surface area contributed by atoms with Crippen molar-refractivity contribution in [2.45, 2.75) is 44.3 Å². The number of aliphatic carboxylic acids is 1. The largest absolute Gasteiger partial charge is 0.481 e. The minimum Gasteiger partial charge on any atom is -0.481 e. The summed E-state index contributed by atoms with van der Waals surface area (Å²) < 4.78 is 0.193. The minimum absolute atomic E-state index is 0.150. The zero-order valence-corrected chi connectivity index (χ0v) is 12.7. The third-order valence-corrected chi connectivity index (χ3v) is 5.62. The Morgan fingerprint density at radius 3 is 2.37 bits per heavy atom. The highest BCUT2D eigenvalue weighted by molar-refractivity contribution is 8.00. The summed E-state index contributed by atoms with van der Waals surface area (Å²) in [5, 5.41) is 14.6. The molecule has 1 unspecified atom stereocenters. The van der Waals surface area contributed by atoms with E-state index in [0.29, 0.717) is 13.0 Å². The van der Waals surface area contributed by atoms with E-state index in [-0.39, 0.29) is 17.3 Å². The van der Waals surface area contributed by atoms with Crippen molar-refractivity contribution in [1.29, 1.82) is 0 Å². The number of nitrogens with one attached hydrogen (secondary N) is 2. The number of carbonyl (C=O) groups is 2. The van der Waals surface area contributed by atoms with Gasteiger partial charge in [0.25, 0.3) is 0 Å². The second-order valence-corrected chi connectivity index (χ2v) is 6.77. The van der Waals surface area contributed by atoms with Crippen molar-refractivity contribution in [3.63, 3.8) is 0 Å². The van der Waals surface area contributed by atoms with E-state index in [4.69, 9.17) is 5.11 Å². The normalized spacial score (nSPS) is 19.9. The van der Waals surface area contributed by atoms with E-state index >= 15 is 0 Å². The second kappa shape index (κ2) is 6.50. The van der Waals surface area contributed by atoms with Crippen molar-refractivity contribution >= 4 is 23.8 Å². The van der Waals surface area contributed by atoms with Gasteiger partial charge in [-0.25, -0.2) is 4.79 Å². The summed E-state index contributed by atoms with van der Waals surface area (Å²) in [7, 11) is 0. The fourth-order valence-electron chi connectivity index (χ4n) is 1.96. The molecule has 1 atom stereocenters. The highest BCUT2D eigenvalue weighted by atomic mass is 32.2. The van der Waals surface area contributed by atoms with E-state index in [9.17, 15) is 9.59 Å². The van der Waals surface area contributed by atoms with Gasteiger partial charge in [-0.15, -0.1) is 0 Å². The number of carboxylic acid groups (broad SMARTS) is 1. The van der Waals surface area contributed by atoms with Crippen LogP contribution in [0.1, 0.15) is 39.5 Å². The molecule has 19 heavy (non-hydrogen) atoms. The molecule has 1 rings (SSSR count). The van der Waals surface area contributed by atoms with Gasteiger partial charge in [-0.2, -0.15) is 11.8 Å². The molecule has 0 aliphatic heterocycles. The molecule has 1 fully saturated rings. The molecule has 0 spiro atoms. The van der Waals surface area contributed by atoms with Gasteiger partial charge >= 0.3 is 12.0 Å². The van der Waals surface area contributed by atoms with Gasteiger partial charge in [-0.3, -0.25) is 4.79 Å². The first-order chi connectivity index (χ1) is 8.87. The molecule has 0 heterocycles. The molecule has 1 saturated carbocycles. The Kier molecular flexibility index (Phi) is 5.52. The SMILES string of the molecule is CCC(C)(CNC(=O)NCC1(SC)CCC1)C(=O)O. The summed E-state index contributed by atoms with van der Waals surface area (Å²) in [4.78, 5) is 22.8. The van der Waals surface area contributed by atoms with E-state index in [1.54, 1.807) is 18.7 Å². The van der Waals surface area contributed by atoms with E-state index in [0.717, 1.165) is 12.8 Å². The summed E-state index contributed by atoms with van der Waals surface area (Å²) in [5.41, 5.74) is -0.898. The molecule has 0 saturated heterocycles. The third kappa shape index (κ3) is 4.03. The van der Waals surface area contributed by atoms with Crippen LogP contribution in [0.3, 0.4) is 0 Å². The molecule has 0 bridgehead atoms. The van der Waals surface area contributed by atoms with Crippen LogP contribution in [0.4, 0.5) is 4.79 Å². The Bertz CT molecular complexity index is 339. The quantitative estimate of drug-likeness (QED) is 0.670. The number of carboxylic acids is 1. The van der Waals surface area contributed by atoms with Gasteiger partial charge in [-0.05, 0) is 32.4 Å². The van der Waals surface area contributed by atoms with Crippen molar-refractivity contribution in [3.05, 3.63) is 0 Å². The number of thioether (sulfide) groups is 1. The van der Waals surface area contributed by atoms with Gasteiger partial charge in [0.2, 0.25) is 0 Å². The second-order valence-electron chi connectivity index (χ2n) is 5.50. The van der Waals surface area contributed by atoms with Gasteiger partial charge in [0.1, 0.15) is 0 Å². The average molecular weight is 288 g/mol. The summed E-state index contributed by atoms with van der Waals surface area (Å²) in [5.74, 6) is -0.880. The Morgan fingerprint density at radius 1 is 1.37 bits per heavy atom. The van der Waals surface area contributed by atoms with Crippen LogP contribution in [-0.2, 0) is 4.79 Å². The minimum atomic E-state index is -0.898. The van der Waals surface area contributed by atoms with E-state index < -0.39 is 11.4 Å². The van der Waals surface area contributed by atoms with E-state index in [1.165, 1.54) is 6.42 Å². The summed E-state index contributed by atoms with van der Waals surface area (Å²) >= 11 is 1.80. The van der Waals surface area contributed by atoms with Crippen LogP contribution < -0.4 is 10.6 Å². The smallest absolute Gasteiger partial charge is 0.314 e. The maximum Gasteiger partial charge on any atom is 0.314 e. The maximum absolute atomic E-state index is 11.7. The van der Waals surface area contributed by atoms with Crippen LogP contribution in [0.2, 0.25) is 0 Å². The number of carbonyl (C=O) groups excluding carboxylic acids is 1. The van der Waals surface area contributed by atoms with Gasteiger partial charge in [0, 0.05) is 17.8 Å². The fraction of sp³-hybridized carbons (Fsp3) is 0.846. The van der Waals surface area contributed by atoms with Gasteiger partial charge in [-0.1, -0.05) is 13.3 Å². The molecule has 110 valence electrons. The molecule has 1 aliphatic carbocycles. The summed E-state index contributed by atoms with van der Waals surface area (Å²) in [6.45, 7) is 4.25. The zero-order valence-electron chi connectivity index (χ0n) is 11.9. The standard InChI is InChI=1S/C13H24N2O3S/c1-4-12(2,10(16)17)8-14-11(18)15-9-13(19-3)6-5-7-13/h4-9H2,1-3H3,(H,16,17)(H2,14,15,18).